The molecule has 1 aliphatic rings. The maximum absolute atomic E-state index is 6.56. The van der Waals surface area contributed by atoms with Crippen LogP contribution >= 0.6 is 0 Å². The molecule has 0 saturated carbocycles. The molecule has 31 heavy (non-hydrogen) atoms. The van der Waals surface area contributed by atoms with Gasteiger partial charge < -0.3 is 23.5 Å². The van der Waals surface area contributed by atoms with Gasteiger partial charge in [-0.2, -0.15) is 0 Å². The summed E-state index contributed by atoms with van der Waals surface area (Å²) in [5.41, 5.74) is 0. The molecule has 4 rings (SSSR count). The lowest BCUT2D eigenvalue weighted by atomic mass is 10.3. The van der Waals surface area contributed by atoms with Crippen molar-refractivity contribution in [2.45, 2.75) is 12.5 Å². The van der Waals surface area contributed by atoms with Gasteiger partial charge in [0.05, 0.1) is 6.04 Å². The molecule has 1 heterocycles. The smallest absolute Gasteiger partial charge is 0.483 e. The second kappa shape index (κ2) is 11.0. The summed E-state index contributed by atoms with van der Waals surface area (Å²) in [6.07, 6.45) is 0.943. The molecule has 1 saturated heterocycles. The van der Waals surface area contributed by atoms with E-state index in [-0.39, 0.29) is 0 Å². The molecule has 0 amide bonds. The predicted molar refractivity (Wildman–Crippen MR) is 126 cm³/mol. The fourth-order valence-electron chi connectivity index (χ4n) is 3.67. The van der Waals surface area contributed by atoms with E-state index in [1.807, 2.05) is 91.0 Å². The molecule has 3 aromatic rings. The van der Waals surface area contributed by atoms with Gasteiger partial charge in [-0.1, -0.05) is 54.6 Å². The third-order valence-corrected chi connectivity index (χ3v) is 7.82. The SMILES string of the molecule is c1ccc(O[Si](CCCN2CCNCC2)(Oc2ccccc2)Oc2ccccc2)cc1. The molecular formula is C25H30N2O3Si. The van der Waals surface area contributed by atoms with Crippen molar-refractivity contribution in [3.63, 3.8) is 0 Å². The Kier molecular flexibility index (Phi) is 7.60. The Morgan fingerprint density at radius 1 is 0.645 bits per heavy atom. The first-order valence-corrected chi connectivity index (χ1v) is 12.9. The van der Waals surface area contributed by atoms with Crippen LogP contribution in [0.5, 0.6) is 17.2 Å². The third-order valence-electron chi connectivity index (χ3n) is 5.22. The van der Waals surface area contributed by atoms with Gasteiger partial charge in [-0.05, 0) is 49.4 Å². The molecule has 1 N–H and O–H groups in total. The van der Waals surface area contributed by atoms with Crippen LogP contribution in [0.4, 0.5) is 0 Å². The van der Waals surface area contributed by atoms with Crippen LogP contribution in [0.2, 0.25) is 6.04 Å². The van der Waals surface area contributed by atoms with Crippen molar-refractivity contribution in [2.75, 3.05) is 32.7 Å². The lowest BCUT2D eigenvalue weighted by molar-refractivity contribution is 0.227. The lowest BCUT2D eigenvalue weighted by Gasteiger charge is -2.32. The highest BCUT2D eigenvalue weighted by atomic mass is 28.4. The Morgan fingerprint density at radius 2 is 1.06 bits per heavy atom. The van der Waals surface area contributed by atoms with Gasteiger partial charge in [-0.25, -0.2) is 0 Å². The maximum atomic E-state index is 6.56. The molecule has 0 spiro atoms. The highest BCUT2D eigenvalue weighted by molar-refractivity contribution is 6.63. The molecule has 0 atom stereocenters. The zero-order chi connectivity index (χ0) is 21.2. The van der Waals surface area contributed by atoms with Crippen LogP contribution in [-0.4, -0.2) is 46.4 Å². The van der Waals surface area contributed by atoms with E-state index >= 15 is 0 Å². The molecule has 1 aliphatic heterocycles. The van der Waals surface area contributed by atoms with Crippen molar-refractivity contribution in [3.05, 3.63) is 91.0 Å². The Bertz CT molecular complexity index is 789. The van der Waals surface area contributed by atoms with Gasteiger partial charge in [-0.15, -0.1) is 0 Å². The van der Waals surface area contributed by atoms with Gasteiger partial charge >= 0.3 is 8.80 Å². The zero-order valence-electron chi connectivity index (χ0n) is 17.8. The van der Waals surface area contributed by atoms with E-state index in [0.717, 1.165) is 62.4 Å². The average Bonchev–Trinajstić information content (AvgIpc) is 2.82. The van der Waals surface area contributed by atoms with Gasteiger partial charge in [0.2, 0.25) is 0 Å². The van der Waals surface area contributed by atoms with Crippen molar-refractivity contribution in [1.82, 2.24) is 10.2 Å². The molecule has 1 fully saturated rings. The van der Waals surface area contributed by atoms with E-state index in [1.54, 1.807) is 0 Å². The van der Waals surface area contributed by atoms with Crippen LogP contribution in [0.3, 0.4) is 0 Å². The molecule has 0 aromatic heterocycles. The molecule has 6 heteroatoms. The summed E-state index contributed by atoms with van der Waals surface area (Å²) < 4.78 is 19.7. The number of rotatable bonds is 10. The maximum Gasteiger partial charge on any atom is 0.699 e. The average molecular weight is 435 g/mol. The summed E-state index contributed by atoms with van der Waals surface area (Å²) in [4.78, 5) is 2.49. The van der Waals surface area contributed by atoms with E-state index < -0.39 is 8.80 Å². The zero-order valence-corrected chi connectivity index (χ0v) is 18.8. The van der Waals surface area contributed by atoms with Gasteiger partial charge in [0.1, 0.15) is 17.2 Å². The minimum atomic E-state index is -3.14. The largest absolute Gasteiger partial charge is 0.699 e. The highest BCUT2D eigenvalue weighted by Gasteiger charge is 2.49. The Morgan fingerprint density at radius 3 is 1.48 bits per heavy atom. The summed E-state index contributed by atoms with van der Waals surface area (Å²) in [5.74, 6) is 2.30. The molecule has 162 valence electrons. The van der Waals surface area contributed by atoms with Gasteiger partial charge in [0.15, 0.2) is 0 Å². The van der Waals surface area contributed by atoms with Crippen LogP contribution in [0.15, 0.2) is 91.0 Å². The molecule has 5 nitrogen and oxygen atoms in total. The second-order valence-electron chi connectivity index (χ2n) is 7.62. The lowest BCUT2D eigenvalue weighted by Crippen LogP contribution is -2.55. The number of nitrogens with one attached hydrogen (secondary N) is 1. The molecular weight excluding hydrogens is 404 g/mol. The molecule has 0 radical (unpaired) electrons. The van der Waals surface area contributed by atoms with E-state index in [0.29, 0.717) is 0 Å². The Labute approximate surface area is 185 Å². The van der Waals surface area contributed by atoms with E-state index in [9.17, 15) is 0 Å². The number of benzene rings is 3. The van der Waals surface area contributed by atoms with Crippen molar-refractivity contribution >= 4 is 8.80 Å². The van der Waals surface area contributed by atoms with Crippen LogP contribution in [0.25, 0.3) is 0 Å². The fraction of sp³-hybridized carbons (Fsp3) is 0.280. The molecule has 0 unspecified atom stereocenters. The van der Waals surface area contributed by atoms with E-state index in [1.165, 1.54) is 0 Å². The number of hydrogen-bond acceptors (Lipinski definition) is 5. The van der Waals surface area contributed by atoms with Gasteiger partial charge in [-0.3, -0.25) is 0 Å². The third kappa shape index (κ3) is 6.59. The van der Waals surface area contributed by atoms with Crippen LogP contribution in [0.1, 0.15) is 6.42 Å². The van der Waals surface area contributed by atoms with Crippen molar-refractivity contribution in [2.24, 2.45) is 0 Å². The highest BCUT2D eigenvalue weighted by Crippen LogP contribution is 2.27. The van der Waals surface area contributed by atoms with Gasteiger partial charge in [0, 0.05) is 26.2 Å². The summed E-state index contributed by atoms with van der Waals surface area (Å²) in [6.45, 7) is 5.25. The minimum absolute atomic E-state index is 0.718. The first kappa shape index (κ1) is 21.4. The number of para-hydroxylation sites is 3. The summed E-state index contributed by atoms with van der Waals surface area (Å²) in [7, 11) is -3.14. The first-order chi connectivity index (χ1) is 15.3. The standard InChI is InChI=1S/C25H30N2O3Si/c1-4-11-23(12-5-1)28-31(29-24-13-6-2-7-14-24,30-25-15-8-3-9-16-25)22-10-19-27-20-17-26-18-21-27/h1-9,11-16,26H,10,17-22H2. The second-order valence-corrected chi connectivity index (χ2v) is 10.1. The van der Waals surface area contributed by atoms with Crippen molar-refractivity contribution in [1.29, 1.82) is 0 Å². The topological polar surface area (TPSA) is 43.0 Å². The van der Waals surface area contributed by atoms with E-state index in [4.69, 9.17) is 13.3 Å². The van der Waals surface area contributed by atoms with E-state index in [2.05, 4.69) is 10.2 Å². The minimum Gasteiger partial charge on any atom is -0.483 e. The summed E-state index contributed by atoms with van der Waals surface area (Å²) in [5, 5.41) is 3.41. The monoisotopic (exact) mass is 434 g/mol. The quantitative estimate of drug-likeness (QED) is 0.477. The first-order valence-electron chi connectivity index (χ1n) is 11.0. The van der Waals surface area contributed by atoms with Crippen molar-refractivity contribution in [3.8, 4) is 17.2 Å². The van der Waals surface area contributed by atoms with Gasteiger partial charge in [0.25, 0.3) is 0 Å². The van der Waals surface area contributed by atoms with Crippen LogP contribution in [-0.2, 0) is 0 Å². The normalized spacial score (nSPS) is 14.7. The van der Waals surface area contributed by atoms with Crippen LogP contribution in [0, 0.1) is 0 Å². The number of piperazine rings is 1. The predicted octanol–water partition coefficient (Wildman–Crippen LogP) is 4.46. The van der Waals surface area contributed by atoms with Crippen LogP contribution < -0.4 is 18.6 Å². The molecule has 3 aromatic carbocycles. The molecule has 0 aliphatic carbocycles. The number of hydrogen-bond donors (Lipinski definition) is 1. The number of nitrogens with zero attached hydrogens (tertiary/aromatic N) is 1. The summed E-state index contributed by atoms with van der Waals surface area (Å²) >= 11 is 0. The summed E-state index contributed by atoms with van der Waals surface area (Å²) in [6, 6.07) is 30.3. The molecule has 0 bridgehead atoms. The Balaban J connectivity index is 1.58. The Hall–Kier alpha value is -2.80. The van der Waals surface area contributed by atoms with Crippen molar-refractivity contribution < 1.29 is 13.3 Å². The fourth-order valence-corrected chi connectivity index (χ4v) is 6.18.